The van der Waals surface area contributed by atoms with Crippen molar-refractivity contribution in [1.29, 1.82) is 0 Å². The molecule has 0 aromatic heterocycles. The molecule has 1 saturated heterocycles. The third kappa shape index (κ3) is 3.48. The fourth-order valence-corrected chi connectivity index (χ4v) is 3.89. The van der Waals surface area contributed by atoms with Gasteiger partial charge < -0.3 is 10.2 Å². The fraction of sp³-hybridized carbons (Fsp3) is 0.647. The highest BCUT2D eigenvalue weighted by Crippen LogP contribution is 2.29. The van der Waals surface area contributed by atoms with Crippen LogP contribution in [0.1, 0.15) is 38.5 Å². The molecule has 0 amide bonds. The van der Waals surface area contributed by atoms with Crippen molar-refractivity contribution in [3.8, 4) is 0 Å². The Labute approximate surface area is 127 Å². The molecule has 2 nitrogen and oxygen atoms in total. The second kappa shape index (κ2) is 6.82. The first kappa shape index (κ1) is 14.2. The summed E-state index contributed by atoms with van der Waals surface area (Å²) in [4.78, 5) is 2.52. The van der Waals surface area contributed by atoms with Crippen LogP contribution in [0, 0.1) is 5.92 Å². The maximum atomic E-state index is 6.15. The Morgan fingerprint density at radius 2 is 1.95 bits per heavy atom. The lowest BCUT2D eigenvalue weighted by Crippen LogP contribution is -2.43. The van der Waals surface area contributed by atoms with Crippen LogP contribution in [0.4, 0.5) is 5.69 Å². The van der Waals surface area contributed by atoms with Crippen LogP contribution in [0.25, 0.3) is 0 Å². The van der Waals surface area contributed by atoms with E-state index in [0.29, 0.717) is 6.04 Å². The molecule has 0 spiro atoms. The molecule has 2 fully saturated rings. The van der Waals surface area contributed by atoms with Gasteiger partial charge in [-0.2, -0.15) is 0 Å². The fourth-order valence-electron chi connectivity index (χ4n) is 3.71. The first-order chi connectivity index (χ1) is 9.83. The molecule has 1 atom stereocenters. The number of anilines is 1. The van der Waals surface area contributed by atoms with Crippen molar-refractivity contribution in [1.82, 2.24) is 5.32 Å². The Kier molecular flexibility index (Phi) is 4.85. The van der Waals surface area contributed by atoms with Gasteiger partial charge in [0.25, 0.3) is 0 Å². The van der Waals surface area contributed by atoms with Crippen LogP contribution in [-0.4, -0.2) is 25.7 Å². The highest BCUT2D eigenvalue weighted by atomic mass is 35.5. The maximum Gasteiger partial charge on any atom is 0.0426 e. The summed E-state index contributed by atoms with van der Waals surface area (Å²) in [6, 6.07) is 8.96. The van der Waals surface area contributed by atoms with Crippen molar-refractivity contribution in [3.63, 3.8) is 0 Å². The smallest absolute Gasteiger partial charge is 0.0426 e. The van der Waals surface area contributed by atoms with Crippen molar-refractivity contribution in [3.05, 3.63) is 29.3 Å². The summed E-state index contributed by atoms with van der Waals surface area (Å²) < 4.78 is 0. The van der Waals surface area contributed by atoms with Gasteiger partial charge in [-0.05, 0) is 49.9 Å². The van der Waals surface area contributed by atoms with E-state index in [1.54, 1.807) is 0 Å². The highest BCUT2D eigenvalue weighted by molar-refractivity contribution is 6.30. The largest absolute Gasteiger partial charge is 0.370 e. The summed E-state index contributed by atoms with van der Waals surface area (Å²) >= 11 is 6.15. The topological polar surface area (TPSA) is 15.3 Å². The summed E-state index contributed by atoms with van der Waals surface area (Å²) in [5.74, 6) is 0.864. The molecular weight excluding hydrogens is 268 g/mol. The highest BCUT2D eigenvalue weighted by Gasteiger charge is 2.26. The van der Waals surface area contributed by atoms with Gasteiger partial charge in [0.1, 0.15) is 0 Å². The summed E-state index contributed by atoms with van der Waals surface area (Å²) in [5.41, 5.74) is 1.28. The molecule has 2 aliphatic rings. The van der Waals surface area contributed by atoms with Gasteiger partial charge in [-0.15, -0.1) is 0 Å². The molecule has 1 aliphatic heterocycles. The lowest BCUT2D eigenvalue weighted by molar-refractivity contribution is 0.277. The molecule has 1 saturated carbocycles. The first-order valence-corrected chi connectivity index (χ1v) is 8.44. The van der Waals surface area contributed by atoms with Crippen LogP contribution in [0.3, 0.4) is 0 Å². The van der Waals surface area contributed by atoms with Crippen molar-refractivity contribution >= 4 is 17.3 Å². The summed E-state index contributed by atoms with van der Waals surface area (Å²) in [7, 11) is 0. The molecule has 1 aromatic carbocycles. The van der Waals surface area contributed by atoms with Crippen molar-refractivity contribution in [2.45, 2.75) is 44.6 Å². The zero-order valence-electron chi connectivity index (χ0n) is 12.2. The molecule has 20 heavy (non-hydrogen) atoms. The van der Waals surface area contributed by atoms with Gasteiger partial charge >= 0.3 is 0 Å². The molecule has 1 unspecified atom stereocenters. The van der Waals surface area contributed by atoms with Crippen molar-refractivity contribution in [2.75, 3.05) is 24.5 Å². The summed E-state index contributed by atoms with van der Waals surface area (Å²) in [5, 5.41) is 4.63. The van der Waals surface area contributed by atoms with Gasteiger partial charge in [0.15, 0.2) is 0 Å². The summed E-state index contributed by atoms with van der Waals surface area (Å²) in [6.07, 6.45) is 8.29. The maximum absolute atomic E-state index is 6.15. The van der Waals surface area contributed by atoms with Crippen LogP contribution in [-0.2, 0) is 0 Å². The van der Waals surface area contributed by atoms with Gasteiger partial charge in [-0.3, -0.25) is 0 Å². The molecule has 110 valence electrons. The predicted octanol–water partition coefficient (Wildman–Crippen LogP) is 4.09. The molecule has 1 heterocycles. The molecule has 3 heteroatoms. The average Bonchev–Trinajstić information content (AvgIpc) is 2.74. The number of hydrogen-bond acceptors (Lipinski definition) is 2. The number of hydrogen-bond donors (Lipinski definition) is 1. The minimum absolute atomic E-state index is 0.650. The van der Waals surface area contributed by atoms with E-state index in [1.807, 2.05) is 6.07 Å². The third-order valence-corrected chi connectivity index (χ3v) is 5.06. The van der Waals surface area contributed by atoms with E-state index in [1.165, 1.54) is 44.2 Å². The number of benzene rings is 1. The SMILES string of the molecule is Clc1cccc(N2CCCNC(C3CCCCC3)C2)c1. The van der Waals surface area contributed by atoms with E-state index >= 15 is 0 Å². The van der Waals surface area contributed by atoms with Crippen LogP contribution in [0.5, 0.6) is 0 Å². The third-order valence-electron chi connectivity index (χ3n) is 4.82. The summed E-state index contributed by atoms with van der Waals surface area (Å²) in [6.45, 7) is 3.42. The standard InChI is InChI=1S/C17H25ClN2/c18-15-8-4-9-16(12-15)20-11-5-10-19-17(13-20)14-6-2-1-3-7-14/h4,8-9,12,14,17,19H,1-3,5-7,10-11,13H2. The quantitative estimate of drug-likeness (QED) is 0.883. The molecule has 0 bridgehead atoms. The lowest BCUT2D eigenvalue weighted by atomic mass is 9.83. The number of nitrogens with one attached hydrogen (secondary N) is 1. The normalized spacial score (nSPS) is 25.4. The Morgan fingerprint density at radius 1 is 1.10 bits per heavy atom. The van der Waals surface area contributed by atoms with Gasteiger partial charge in [-0.25, -0.2) is 0 Å². The molecule has 1 aliphatic carbocycles. The molecule has 1 N–H and O–H groups in total. The molecular formula is C17H25ClN2. The number of nitrogens with zero attached hydrogens (tertiary/aromatic N) is 1. The van der Waals surface area contributed by atoms with Gasteiger partial charge in [0, 0.05) is 29.8 Å². The first-order valence-electron chi connectivity index (χ1n) is 8.07. The zero-order valence-corrected chi connectivity index (χ0v) is 12.9. The number of halogens is 1. The molecule has 3 rings (SSSR count). The van der Waals surface area contributed by atoms with Gasteiger partial charge in [-0.1, -0.05) is 36.9 Å². The van der Waals surface area contributed by atoms with Crippen molar-refractivity contribution in [2.24, 2.45) is 5.92 Å². The van der Waals surface area contributed by atoms with Crippen LogP contribution >= 0.6 is 11.6 Å². The van der Waals surface area contributed by atoms with Crippen molar-refractivity contribution < 1.29 is 0 Å². The van der Waals surface area contributed by atoms with E-state index in [0.717, 1.165) is 30.6 Å². The minimum Gasteiger partial charge on any atom is -0.370 e. The molecule has 1 aromatic rings. The molecule has 0 radical (unpaired) electrons. The van der Waals surface area contributed by atoms with Crippen LogP contribution < -0.4 is 10.2 Å². The minimum atomic E-state index is 0.650. The number of rotatable bonds is 2. The predicted molar refractivity (Wildman–Crippen MR) is 86.6 cm³/mol. The average molecular weight is 293 g/mol. The van der Waals surface area contributed by atoms with Gasteiger partial charge in [0.05, 0.1) is 0 Å². The van der Waals surface area contributed by atoms with Crippen LogP contribution in [0.15, 0.2) is 24.3 Å². The van der Waals surface area contributed by atoms with E-state index in [2.05, 4.69) is 28.4 Å². The zero-order chi connectivity index (χ0) is 13.8. The lowest BCUT2D eigenvalue weighted by Gasteiger charge is -2.33. The van der Waals surface area contributed by atoms with E-state index in [-0.39, 0.29) is 0 Å². The second-order valence-electron chi connectivity index (χ2n) is 6.24. The second-order valence-corrected chi connectivity index (χ2v) is 6.67. The van der Waals surface area contributed by atoms with E-state index in [4.69, 9.17) is 11.6 Å². The van der Waals surface area contributed by atoms with E-state index in [9.17, 15) is 0 Å². The Bertz CT molecular complexity index is 429. The van der Waals surface area contributed by atoms with Gasteiger partial charge in [0.2, 0.25) is 0 Å². The Hall–Kier alpha value is -0.730. The Balaban J connectivity index is 1.71. The van der Waals surface area contributed by atoms with E-state index < -0.39 is 0 Å². The monoisotopic (exact) mass is 292 g/mol. The Morgan fingerprint density at radius 3 is 2.75 bits per heavy atom. The van der Waals surface area contributed by atoms with Crippen LogP contribution in [0.2, 0.25) is 5.02 Å².